The summed E-state index contributed by atoms with van der Waals surface area (Å²) in [5.74, 6) is -0.265. The fourth-order valence-electron chi connectivity index (χ4n) is 1.30. The normalized spacial score (nSPS) is 22.6. The lowest BCUT2D eigenvalue weighted by Gasteiger charge is -2.14. The smallest absolute Gasteiger partial charge is 0.237 e. The zero-order chi connectivity index (χ0) is 10.6. The van der Waals surface area contributed by atoms with Crippen LogP contribution in [0.5, 0.6) is 0 Å². The molecule has 1 aliphatic heterocycles. The van der Waals surface area contributed by atoms with Crippen molar-refractivity contribution >= 4 is 11.8 Å². The predicted octanol–water partition coefficient (Wildman–Crippen LogP) is -1.11. The van der Waals surface area contributed by atoms with Crippen LogP contribution in [-0.4, -0.2) is 30.4 Å². The highest BCUT2D eigenvalue weighted by molar-refractivity contribution is 5.84. The van der Waals surface area contributed by atoms with Gasteiger partial charge >= 0.3 is 0 Å². The Labute approximate surface area is 82.7 Å². The molecule has 78 valence electrons. The minimum atomic E-state index is -0.566. The van der Waals surface area contributed by atoms with Crippen molar-refractivity contribution in [3.05, 3.63) is 12.7 Å². The van der Waals surface area contributed by atoms with Crippen molar-refractivity contribution in [2.45, 2.75) is 24.9 Å². The number of carbonyl (C=O) groups is 2. The average molecular weight is 197 g/mol. The highest BCUT2D eigenvalue weighted by Crippen LogP contribution is 2.00. The summed E-state index contributed by atoms with van der Waals surface area (Å²) in [6.07, 6.45) is 2.38. The predicted molar refractivity (Wildman–Crippen MR) is 52.3 cm³/mol. The van der Waals surface area contributed by atoms with E-state index >= 15 is 0 Å². The fraction of sp³-hybridized carbons (Fsp3) is 0.556. The Balaban J connectivity index is 2.33. The molecule has 2 atom stereocenters. The molecule has 0 aromatic carbocycles. The van der Waals surface area contributed by atoms with Gasteiger partial charge in [-0.3, -0.25) is 9.59 Å². The van der Waals surface area contributed by atoms with Crippen molar-refractivity contribution in [3.63, 3.8) is 0 Å². The first-order valence-corrected chi connectivity index (χ1v) is 4.57. The number of carbonyl (C=O) groups excluding carboxylic acids is 2. The quantitative estimate of drug-likeness (QED) is 0.500. The van der Waals surface area contributed by atoms with E-state index in [2.05, 4.69) is 17.2 Å². The van der Waals surface area contributed by atoms with E-state index in [1.54, 1.807) is 6.08 Å². The molecule has 0 aliphatic carbocycles. The summed E-state index contributed by atoms with van der Waals surface area (Å²) in [6.45, 7) is 3.99. The molecule has 0 bridgehead atoms. The second kappa shape index (κ2) is 4.76. The summed E-state index contributed by atoms with van der Waals surface area (Å²) in [5, 5.41) is 5.33. The topological polar surface area (TPSA) is 84.2 Å². The Hall–Kier alpha value is -1.36. The van der Waals surface area contributed by atoms with Crippen molar-refractivity contribution in [1.29, 1.82) is 0 Å². The van der Waals surface area contributed by atoms with E-state index in [1.807, 2.05) is 0 Å². The van der Waals surface area contributed by atoms with Crippen LogP contribution in [0.15, 0.2) is 12.7 Å². The van der Waals surface area contributed by atoms with Crippen LogP contribution in [0.1, 0.15) is 12.8 Å². The Kier molecular flexibility index (Phi) is 3.64. The van der Waals surface area contributed by atoms with E-state index in [9.17, 15) is 9.59 Å². The van der Waals surface area contributed by atoms with Gasteiger partial charge in [-0.1, -0.05) is 6.08 Å². The number of amides is 2. The van der Waals surface area contributed by atoms with Gasteiger partial charge in [0.1, 0.15) is 0 Å². The monoisotopic (exact) mass is 197 g/mol. The van der Waals surface area contributed by atoms with Gasteiger partial charge in [-0.2, -0.15) is 0 Å². The van der Waals surface area contributed by atoms with E-state index in [0.717, 1.165) is 0 Å². The lowest BCUT2D eigenvalue weighted by atomic mass is 10.2. The van der Waals surface area contributed by atoms with Crippen molar-refractivity contribution in [1.82, 2.24) is 10.6 Å². The highest BCUT2D eigenvalue weighted by Gasteiger charge is 2.24. The van der Waals surface area contributed by atoms with Crippen LogP contribution in [0.4, 0.5) is 0 Å². The maximum atomic E-state index is 11.4. The summed E-state index contributed by atoms with van der Waals surface area (Å²) in [6, 6.07) is -0.686. The van der Waals surface area contributed by atoms with Crippen LogP contribution in [0, 0.1) is 0 Å². The average Bonchev–Trinajstić information content (AvgIpc) is 2.51. The van der Waals surface area contributed by atoms with Gasteiger partial charge in [-0.15, -0.1) is 6.58 Å². The molecule has 4 N–H and O–H groups in total. The second-order valence-corrected chi connectivity index (χ2v) is 3.34. The molecule has 2 unspecified atom stereocenters. The van der Waals surface area contributed by atoms with Crippen molar-refractivity contribution in [2.75, 3.05) is 6.54 Å². The summed E-state index contributed by atoms with van der Waals surface area (Å²) >= 11 is 0. The molecule has 0 aromatic rings. The SMILES string of the molecule is C=CCC(N)C(=O)NC1CNC(=O)C1. The van der Waals surface area contributed by atoms with Gasteiger partial charge < -0.3 is 16.4 Å². The molecule has 0 aromatic heterocycles. The number of hydrogen-bond donors (Lipinski definition) is 3. The first-order chi connectivity index (χ1) is 6.63. The first-order valence-electron chi connectivity index (χ1n) is 4.57. The van der Waals surface area contributed by atoms with Crippen molar-refractivity contribution in [3.8, 4) is 0 Å². The zero-order valence-corrected chi connectivity index (χ0v) is 7.95. The Morgan fingerprint density at radius 3 is 3.07 bits per heavy atom. The molecule has 2 amide bonds. The molecule has 1 fully saturated rings. The van der Waals surface area contributed by atoms with Gasteiger partial charge in [-0.05, 0) is 6.42 Å². The lowest BCUT2D eigenvalue weighted by Crippen LogP contribution is -2.45. The summed E-state index contributed by atoms with van der Waals surface area (Å²) in [5.41, 5.74) is 5.55. The molecule has 1 heterocycles. The van der Waals surface area contributed by atoms with Crippen LogP contribution in [-0.2, 0) is 9.59 Å². The van der Waals surface area contributed by atoms with E-state index < -0.39 is 6.04 Å². The number of nitrogens with two attached hydrogens (primary N) is 1. The highest BCUT2D eigenvalue weighted by atomic mass is 16.2. The molecule has 0 radical (unpaired) electrons. The van der Waals surface area contributed by atoms with Crippen LogP contribution >= 0.6 is 0 Å². The molecule has 14 heavy (non-hydrogen) atoms. The third-order valence-electron chi connectivity index (χ3n) is 2.08. The molecule has 5 heteroatoms. The van der Waals surface area contributed by atoms with Gasteiger partial charge in [0.2, 0.25) is 11.8 Å². The van der Waals surface area contributed by atoms with Crippen LogP contribution in [0.25, 0.3) is 0 Å². The number of hydrogen-bond acceptors (Lipinski definition) is 3. The number of nitrogens with one attached hydrogen (secondary N) is 2. The Morgan fingerprint density at radius 1 is 1.86 bits per heavy atom. The van der Waals surface area contributed by atoms with E-state index in [-0.39, 0.29) is 17.9 Å². The molecular weight excluding hydrogens is 182 g/mol. The van der Waals surface area contributed by atoms with E-state index in [4.69, 9.17) is 5.73 Å². The van der Waals surface area contributed by atoms with Crippen molar-refractivity contribution < 1.29 is 9.59 Å². The van der Waals surface area contributed by atoms with E-state index in [0.29, 0.717) is 19.4 Å². The number of rotatable bonds is 4. The van der Waals surface area contributed by atoms with Crippen LogP contribution < -0.4 is 16.4 Å². The zero-order valence-electron chi connectivity index (χ0n) is 7.95. The van der Waals surface area contributed by atoms with Gasteiger partial charge in [0.25, 0.3) is 0 Å². The first kappa shape index (κ1) is 10.7. The summed E-state index contributed by atoms with van der Waals surface area (Å²) in [7, 11) is 0. The van der Waals surface area contributed by atoms with Gasteiger partial charge in [0.05, 0.1) is 12.1 Å². The lowest BCUT2D eigenvalue weighted by molar-refractivity contribution is -0.122. The molecule has 5 nitrogen and oxygen atoms in total. The third kappa shape index (κ3) is 2.85. The molecule has 1 rings (SSSR count). The molecule has 0 saturated carbocycles. The Bertz CT molecular complexity index is 252. The second-order valence-electron chi connectivity index (χ2n) is 3.34. The summed E-state index contributed by atoms with van der Waals surface area (Å²) < 4.78 is 0. The van der Waals surface area contributed by atoms with Gasteiger partial charge in [0.15, 0.2) is 0 Å². The minimum absolute atomic E-state index is 0.0346. The van der Waals surface area contributed by atoms with Crippen molar-refractivity contribution in [2.24, 2.45) is 5.73 Å². The minimum Gasteiger partial charge on any atom is -0.354 e. The van der Waals surface area contributed by atoms with Crippen LogP contribution in [0.2, 0.25) is 0 Å². The summed E-state index contributed by atoms with van der Waals surface area (Å²) in [4.78, 5) is 22.2. The van der Waals surface area contributed by atoms with Gasteiger partial charge in [-0.25, -0.2) is 0 Å². The molecule has 1 aliphatic rings. The molecule has 0 spiro atoms. The van der Waals surface area contributed by atoms with Crippen LogP contribution in [0.3, 0.4) is 0 Å². The van der Waals surface area contributed by atoms with E-state index in [1.165, 1.54) is 0 Å². The molecular formula is C9H15N3O2. The fourth-order valence-corrected chi connectivity index (χ4v) is 1.30. The largest absolute Gasteiger partial charge is 0.354 e. The molecule has 1 saturated heterocycles. The third-order valence-corrected chi connectivity index (χ3v) is 2.08. The standard InChI is InChI=1S/C9H15N3O2/c1-2-3-7(10)9(14)12-6-4-8(13)11-5-6/h2,6-7H,1,3-5,10H2,(H,11,13)(H,12,14). The Morgan fingerprint density at radius 2 is 2.57 bits per heavy atom. The maximum Gasteiger partial charge on any atom is 0.237 e. The van der Waals surface area contributed by atoms with Gasteiger partial charge in [0, 0.05) is 13.0 Å². The maximum absolute atomic E-state index is 11.4.